The number of anilines is 4. The molecular formula is C23H18F3N5O4. The van der Waals surface area contributed by atoms with E-state index in [1.165, 1.54) is 43.3 Å². The van der Waals surface area contributed by atoms with Gasteiger partial charge in [0.1, 0.15) is 5.82 Å². The highest BCUT2D eigenvalue weighted by atomic mass is 19.4. The molecule has 0 spiro atoms. The van der Waals surface area contributed by atoms with Crippen molar-refractivity contribution in [2.75, 3.05) is 16.0 Å². The lowest BCUT2D eigenvalue weighted by molar-refractivity contribution is -0.137. The van der Waals surface area contributed by atoms with E-state index in [0.29, 0.717) is 11.3 Å². The summed E-state index contributed by atoms with van der Waals surface area (Å²) in [6.45, 7) is 1.40. The van der Waals surface area contributed by atoms with Crippen molar-refractivity contribution < 1.29 is 27.6 Å². The number of H-pyrrole nitrogens is 1. The minimum Gasteiger partial charge on any atom is -0.326 e. The van der Waals surface area contributed by atoms with E-state index >= 15 is 0 Å². The monoisotopic (exact) mass is 485 g/mol. The molecule has 0 radical (unpaired) electrons. The van der Waals surface area contributed by atoms with Crippen molar-refractivity contribution in [3.63, 3.8) is 0 Å². The first-order valence-corrected chi connectivity index (χ1v) is 10.3. The zero-order valence-corrected chi connectivity index (χ0v) is 18.1. The number of carbonyl (C=O) groups is 3. The number of aromatic nitrogens is 2. The maximum Gasteiger partial charge on any atom is 0.416 e. The lowest BCUT2D eigenvalue weighted by atomic mass is 9.92. The fraction of sp³-hybridized carbons (Fsp3) is 0.174. The number of ketones is 1. The Bertz CT molecular complexity index is 1380. The smallest absolute Gasteiger partial charge is 0.326 e. The SMILES string of the molecule is CC(=O)c1ccc(NC(=O)[C@H]2CC(=O)Nc3nc(Nc4cccc(C(F)(F)F)c4)[nH]c(=O)c32)cc1. The van der Waals surface area contributed by atoms with Gasteiger partial charge in [0, 0.05) is 23.4 Å². The number of aromatic amines is 1. The van der Waals surface area contributed by atoms with E-state index in [-0.39, 0.29) is 35.2 Å². The average Bonchev–Trinajstić information content (AvgIpc) is 2.78. The number of hydrogen-bond acceptors (Lipinski definition) is 6. The van der Waals surface area contributed by atoms with Crippen molar-refractivity contribution in [1.82, 2.24) is 9.97 Å². The second kappa shape index (κ2) is 9.05. The number of hydrogen-bond donors (Lipinski definition) is 4. The maximum absolute atomic E-state index is 13.0. The van der Waals surface area contributed by atoms with E-state index in [2.05, 4.69) is 25.9 Å². The van der Waals surface area contributed by atoms with Gasteiger partial charge in [0.05, 0.1) is 17.0 Å². The zero-order valence-electron chi connectivity index (χ0n) is 18.1. The quantitative estimate of drug-likeness (QED) is 0.407. The number of Topliss-reactive ketones (excluding diaryl/α,β-unsaturated/α-hetero) is 1. The zero-order chi connectivity index (χ0) is 25.3. The summed E-state index contributed by atoms with van der Waals surface area (Å²) in [6.07, 6.45) is -4.87. The molecule has 0 unspecified atom stereocenters. The van der Waals surface area contributed by atoms with Crippen LogP contribution in [0.3, 0.4) is 0 Å². The van der Waals surface area contributed by atoms with Crippen LogP contribution < -0.4 is 21.5 Å². The van der Waals surface area contributed by atoms with Crippen LogP contribution in [0, 0.1) is 0 Å². The molecule has 4 rings (SSSR count). The second-order valence-electron chi connectivity index (χ2n) is 7.81. The van der Waals surface area contributed by atoms with Crippen LogP contribution in [0.15, 0.2) is 53.3 Å². The standard InChI is InChI=1S/C23H18F3N5O4/c1-11(32)12-5-7-14(8-6-12)27-20(34)16-10-17(33)29-19-18(16)21(35)31-22(30-19)28-15-4-2-3-13(9-15)23(24,25)26/h2-9,16H,10H2,1H3,(H,27,34)(H3,28,29,30,31,33,35)/t16-/m0/s1. The van der Waals surface area contributed by atoms with Crippen molar-refractivity contribution in [3.8, 4) is 0 Å². The molecule has 35 heavy (non-hydrogen) atoms. The number of benzene rings is 2. The molecule has 2 heterocycles. The molecule has 0 fully saturated rings. The highest BCUT2D eigenvalue weighted by Crippen LogP contribution is 2.32. The number of halogens is 3. The number of alkyl halides is 3. The van der Waals surface area contributed by atoms with Gasteiger partial charge in [-0.15, -0.1) is 0 Å². The normalized spacial score (nSPS) is 15.1. The molecule has 0 saturated carbocycles. The predicted molar refractivity (Wildman–Crippen MR) is 121 cm³/mol. The fourth-order valence-electron chi connectivity index (χ4n) is 3.58. The molecule has 1 atom stereocenters. The molecule has 3 aromatic rings. The van der Waals surface area contributed by atoms with Crippen LogP contribution in [-0.2, 0) is 15.8 Å². The molecule has 180 valence electrons. The Labute approximate surface area is 195 Å². The topological polar surface area (TPSA) is 133 Å². The average molecular weight is 485 g/mol. The van der Waals surface area contributed by atoms with Gasteiger partial charge < -0.3 is 16.0 Å². The largest absolute Gasteiger partial charge is 0.416 e. The third-order valence-corrected chi connectivity index (χ3v) is 5.28. The van der Waals surface area contributed by atoms with Crippen LogP contribution in [0.4, 0.5) is 36.3 Å². The van der Waals surface area contributed by atoms with Crippen molar-refractivity contribution in [1.29, 1.82) is 0 Å². The number of rotatable bonds is 5. The predicted octanol–water partition coefficient (Wildman–Crippen LogP) is 3.80. The Balaban J connectivity index is 1.60. The van der Waals surface area contributed by atoms with Crippen LogP contribution in [0.2, 0.25) is 0 Å². The highest BCUT2D eigenvalue weighted by molar-refractivity contribution is 6.04. The number of nitrogens with one attached hydrogen (secondary N) is 4. The molecule has 12 heteroatoms. The van der Waals surface area contributed by atoms with E-state index in [0.717, 1.165) is 12.1 Å². The maximum atomic E-state index is 13.0. The molecule has 9 nitrogen and oxygen atoms in total. The van der Waals surface area contributed by atoms with Crippen molar-refractivity contribution in [2.45, 2.75) is 25.4 Å². The second-order valence-corrected chi connectivity index (χ2v) is 7.81. The van der Waals surface area contributed by atoms with Crippen LogP contribution >= 0.6 is 0 Å². The molecule has 4 N–H and O–H groups in total. The molecule has 2 amide bonds. The van der Waals surface area contributed by atoms with E-state index < -0.39 is 35.0 Å². The summed E-state index contributed by atoms with van der Waals surface area (Å²) in [5.74, 6) is -2.89. The van der Waals surface area contributed by atoms with Gasteiger partial charge in [-0.1, -0.05) is 6.07 Å². The summed E-state index contributed by atoms with van der Waals surface area (Å²) in [6, 6.07) is 10.4. The molecule has 1 aliphatic rings. The van der Waals surface area contributed by atoms with Crippen molar-refractivity contribution >= 4 is 40.7 Å². The summed E-state index contributed by atoms with van der Waals surface area (Å²) >= 11 is 0. The molecule has 2 aromatic carbocycles. The molecule has 0 aliphatic carbocycles. The van der Waals surface area contributed by atoms with Gasteiger partial charge in [0.2, 0.25) is 17.8 Å². The summed E-state index contributed by atoms with van der Waals surface area (Å²) in [7, 11) is 0. The van der Waals surface area contributed by atoms with E-state index in [4.69, 9.17) is 0 Å². The van der Waals surface area contributed by atoms with Crippen molar-refractivity contribution in [2.24, 2.45) is 0 Å². The summed E-state index contributed by atoms with van der Waals surface area (Å²) < 4.78 is 38.9. The minimum atomic E-state index is -4.56. The van der Waals surface area contributed by atoms with Gasteiger partial charge in [-0.05, 0) is 49.4 Å². The fourth-order valence-corrected chi connectivity index (χ4v) is 3.58. The summed E-state index contributed by atoms with van der Waals surface area (Å²) in [5, 5.41) is 7.61. The van der Waals surface area contributed by atoms with Crippen LogP contribution in [0.1, 0.15) is 40.7 Å². The minimum absolute atomic E-state index is 0.00774. The van der Waals surface area contributed by atoms with Gasteiger partial charge in [0.25, 0.3) is 5.56 Å². The van der Waals surface area contributed by atoms with Gasteiger partial charge in [-0.25, -0.2) is 0 Å². The molecular weight excluding hydrogens is 467 g/mol. The first-order valence-electron chi connectivity index (χ1n) is 10.3. The Kier molecular flexibility index (Phi) is 6.12. The number of carbonyl (C=O) groups excluding carboxylic acids is 3. The summed E-state index contributed by atoms with van der Waals surface area (Å²) in [5.41, 5.74) is -0.905. The molecule has 0 saturated heterocycles. The van der Waals surface area contributed by atoms with Crippen LogP contribution in [-0.4, -0.2) is 27.6 Å². The van der Waals surface area contributed by atoms with Crippen LogP contribution in [0.5, 0.6) is 0 Å². The number of amides is 2. The molecule has 1 aliphatic heterocycles. The van der Waals surface area contributed by atoms with E-state index in [9.17, 15) is 32.3 Å². The first kappa shape index (κ1) is 23.7. The number of nitrogens with zero attached hydrogens (tertiary/aromatic N) is 1. The van der Waals surface area contributed by atoms with Gasteiger partial charge >= 0.3 is 6.18 Å². The van der Waals surface area contributed by atoms with Crippen LogP contribution in [0.25, 0.3) is 0 Å². The highest BCUT2D eigenvalue weighted by Gasteiger charge is 2.35. The lowest BCUT2D eigenvalue weighted by Gasteiger charge is -2.23. The van der Waals surface area contributed by atoms with E-state index in [1.54, 1.807) is 0 Å². The molecule has 1 aromatic heterocycles. The van der Waals surface area contributed by atoms with Gasteiger partial charge in [0.15, 0.2) is 5.78 Å². The Morgan fingerprint density at radius 2 is 1.77 bits per heavy atom. The van der Waals surface area contributed by atoms with Gasteiger partial charge in [-0.3, -0.25) is 24.2 Å². The third kappa shape index (κ3) is 5.21. The Morgan fingerprint density at radius 1 is 1.06 bits per heavy atom. The van der Waals surface area contributed by atoms with Crippen molar-refractivity contribution in [3.05, 3.63) is 75.6 Å². The Hall–Kier alpha value is -4.48. The lowest BCUT2D eigenvalue weighted by Crippen LogP contribution is -2.36. The Morgan fingerprint density at radius 3 is 2.43 bits per heavy atom. The molecule has 0 bridgehead atoms. The third-order valence-electron chi connectivity index (χ3n) is 5.28. The summed E-state index contributed by atoms with van der Waals surface area (Å²) in [4.78, 5) is 55.8. The number of fused-ring (bicyclic) bond motifs is 1. The van der Waals surface area contributed by atoms with Gasteiger partial charge in [-0.2, -0.15) is 18.2 Å². The van der Waals surface area contributed by atoms with E-state index in [1.807, 2.05) is 0 Å². The first-order chi connectivity index (χ1) is 16.5.